The number of aromatic nitrogens is 2. The van der Waals surface area contributed by atoms with E-state index in [2.05, 4.69) is 10.00 Å². The Kier molecular flexibility index (Phi) is 6.37. The number of methoxy groups -OCH3 is 1. The number of alkyl halides is 3. The van der Waals surface area contributed by atoms with E-state index in [-0.39, 0.29) is 19.3 Å². The quantitative estimate of drug-likeness (QED) is 0.336. The molecular formula is C29H28F3N3O4. The molecule has 0 bridgehead atoms. The lowest BCUT2D eigenvalue weighted by molar-refractivity contribution is -0.138. The van der Waals surface area contributed by atoms with Crippen molar-refractivity contribution >= 4 is 11.5 Å². The molecule has 0 spiro atoms. The second-order valence-electron chi connectivity index (χ2n) is 10.2. The highest BCUT2D eigenvalue weighted by atomic mass is 19.4. The van der Waals surface area contributed by atoms with Crippen LogP contribution in [-0.2, 0) is 48.7 Å². The van der Waals surface area contributed by atoms with Crippen LogP contribution in [0.2, 0.25) is 0 Å². The first-order chi connectivity index (χ1) is 18.7. The second kappa shape index (κ2) is 9.75. The SMILES string of the molecule is COC(=O)/C=C1\COc2cc(O[C@@H]3CCc4c3ccc(C(F)(F)F)c4CN3CCc4nn(C)cc4C3)ccc21. The molecule has 1 aromatic heterocycles. The summed E-state index contributed by atoms with van der Waals surface area (Å²) < 4.78 is 60.8. The number of fused-ring (bicyclic) bond motifs is 3. The summed E-state index contributed by atoms with van der Waals surface area (Å²) in [6.07, 6.45) is 0.356. The molecular weight excluding hydrogens is 511 g/mol. The summed E-state index contributed by atoms with van der Waals surface area (Å²) in [6, 6.07) is 8.14. The van der Waals surface area contributed by atoms with Gasteiger partial charge in [-0.3, -0.25) is 9.58 Å². The third kappa shape index (κ3) is 4.89. The Hall–Kier alpha value is -3.79. The molecule has 0 saturated carbocycles. The molecule has 0 saturated heterocycles. The van der Waals surface area contributed by atoms with Crippen LogP contribution < -0.4 is 9.47 Å². The van der Waals surface area contributed by atoms with E-state index in [1.54, 1.807) is 22.9 Å². The third-order valence-electron chi connectivity index (χ3n) is 7.66. The predicted octanol–water partition coefficient (Wildman–Crippen LogP) is 5.01. The van der Waals surface area contributed by atoms with Gasteiger partial charge in [0.25, 0.3) is 0 Å². The van der Waals surface area contributed by atoms with Gasteiger partial charge in [-0.25, -0.2) is 4.79 Å². The molecule has 204 valence electrons. The number of carbonyl (C=O) groups is 1. The minimum atomic E-state index is -4.44. The van der Waals surface area contributed by atoms with Crippen molar-refractivity contribution in [1.29, 1.82) is 0 Å². The lowest BCUT2D eigenvalue weighted by atomic mass is 9.95. The number of esters is 1. The highest BCUT2D eigenvalue weighted by Crippen LogP contribution is 2.44. The molecule has 0 amide bonds. The molecule has 3 heterocycles. The molecule has 3 aromatic rings. The Balaban J connectivity index is 1.25. The summed E-state index contributed by atoms with van der Waals surface area (Å²) in [7, 11) is 3.18. The first-order valence-corrected chi connectivity index (χ1v) is 12.9. The first kappa shape index (κ1) is 25.5. The van der Waals surface area contributed by atoms with E-state index in [9.17, 15) is 18.0 Å². The topological polar surface area (TPSA) is 65.8 Å². The van der Waals surface area contributed by atoms with Crippen molar-refractivity contribution in [3.8, 4) is 11.5 Å². The van der Waals surface area contributed by atoms with Crippen molar-refractivity contribution in [3.63, 3.8) is 0 Å². The van der Waals surface area contributed by atoms with Crippen LogP contribution in [0.5, 0.6) is 11.5 Å². The molecule has 1 atom stereocenters. The number of aryl methyl sites for hydroxylation is 1. The third-order valence-corrected chi connectivity index (χ3v) is 7.66. The number of ether oxygens (including phenoxy) is 3. The molecule has 0 unspecified atom stereocenters. The van der Waals surface area contributed by atoms with Gasteiger partial charge in [-0.15, -0.1) is 0 Å². The highest BCUT2D eigenvalue weighted by molar-refractivity contribution is 5.93. The molecule has 2 aromatic carbocycles. The molecule has 1 aliphatic carbocycles. The predicted molar refractivity (Wildman–Crippen MR) is 136 cm³/mol. The van der Waals surface area contributed by atoms with Crippen LogP contribution >= 0.6 is 0 Å². The average Bonchev–Trinajstić information content (AvgIpc) is 3.59. The van der Waals surface area contributed by atoms with Gasteiger partial charge in [-0.1, -0.05) is 6.07 Å². The Morgan fingerprint density at radius 1 is 1.23 bits per heavy atom. The number of benzene rings is 2. The maximum atomic E-state index is 14.1. The van der Waals surface area contributed by atoms with Crippen LogP contribution in [0.1, 0.15) is 51.6 Å². The van der Waals surface area contributed by atoms with Crippen LogP contribution in [0.3, 0.4) is 0 Å². The number of halogens is 3. The van der Waals surface area contributed by atoms with Gasteiger partial charge in [-0.05, 0) is 47.7 Å². The maximum Gasteiger partial charge on any atom is 0.416 e. The van der Waals surface area contributed by atoms with Crippen LogP contribution in [-0.4, -0.2) is 40.9 Å². The van der Waals surface area contributed by atoms with Crippen molar-refractivity contribution in [2.24, 2.45) is 7.05 Å². The molecule has 0 radical (unpaired) electrons. The van der Waals surface area contributed by atoms with Crippen molar-refractivity contribution in [3.05, 3.63) is 81.7 Å². The summed E-state index contributed by atoms with van der Waals surface area (Å²) in [5, 5.41) is 4.46. The highest BCUT2D eigenvalue weighted by Gasteiger charge is 2.38. The van der Waals surface area contributed by atoms with Gasteiger partial charge < -0.3 is 14.2 Å². The molecule has 39 heavy (non-hydrogen) atoms. The summed E-state index contributed by atoms with van der Waals surface area (Å²) in [5.74, 6) is 0.699. The van der Waals surface area contributed by atoms with E-state index >= 15 is 0 Å². The van der Waals surface area contributed by atoms with Gasteiger partial charge in [-0.2, -0.15) is 18.3 Å². The maximum absolute atomic E-state index is 14.1. The van der Waals surface area contributed by atoms with Crippen LogP contribution in [0.15, 0.2) is 42.6 Å². The van der Waals surface area contributed by atoms with Gasteiger partial charge in [0.1, 0.15) is 24.2 Å². The van der Waals surface area contributed by atoms with Gasteiger partial charge in [0, 0.05) is 68.1 Å². The lowest BCUT2D eigenvalue weighted by Gasteiger charge is -2.28. The molecule has 0 fully saturated rings. The largest absolute Gasteiger partial charge is 0.488 e. The van der Waals surface area contributed by atoms with E-state index < -0.39 is 17.7 Å². The Morgan fingerprint density at radius 2 is 2.08 bits per heavy atom. The summed E-state index contributed by atoms with van der Waals surface area (Å²) >= 11 is 0. The van der Waals surface area contributed by atoms with Crippen LogP contribution in [0.25, 0.3) is 5.57 Å². The molecule has 0 N–H and O–H groups in total. The fourth-order valence-electron chi connectivity index (χ4n) is 5.86. The first-order valence-electron chi connectivity index (χ1n) is 12.9. The van der Waals surface area contributed by atoms with E-state index in [1.807, 2.05) is 19.3 Å². The molecule has 6 rings (SSSR count). The minimum Gasteiger partial charge on any atom is -0.488 e. The Labute approximate surface area is 223 Å². The number of rotatable bonds is 5. The number of hydrogen-bond acceptors (Lipinski definition) is 6. The van der Waals surface area contributed by atoms with Crippen LogP contribution in [0, 0.1) is 0 Å². The fourth-order valence-corrected chi connectivity index (χ4v) is 5.86. The summed E-state index contributed by atoms with van der Waals surface area (Å²) in [5.41, 5.74) is 4.88. The van der Waals surface area contributed by atoms with Crippen LogP contribution in [0.4, 0.5) is 13.2 Å². The zero-order chi connectivity index (χ0) is 27.3. The summed E-state index contributed by atoms with van der Waals surface area (Å²) in [4.78, 5) is 13.7. The van der Waals surface area contributed by atoms with E-state index in [1.165, 1.54) is 19.3 Å². The number of carbonyl (C=O) groups excluding carboxylic acids is 1. The zero-order valence-corrected chi connectivity index (χ0v) is 21.7. The van der Waals surface area contributed by atoms with E-state index in [0.29, 0.717) is 43.0 Å². The van der Waals surface area contributed by atoms with Gasteiger partial charge in [0.2, 0.25) is 0 Å². The van der Waals surface area contributed by atoms with Crippen molar-refractivity contribution in [2.45, 2.75) is 44.6 Å². The van der Waals surface area contributed by atoms with Crippen molar-refractivity contribution in [2.75, 3.05) is 20.3 Å². The van der Waals surface area contributed by atoms with E-state index in [0.717, 1.165) is 39.9 Å². The lowest BCUT2D eigenvalue weighted by Crippen LogP contribution is -2.31. The fraction of sp³-hybridized carbons (Fsp3) is 0.379. The molecule has 3 aliphatic rings. The minimum absolute atomic E-state index is 0.223. The van der Waals surface area contributed by atoms with Gasteiger partial charge >= 0.3 is 12.1 Å². The van der Waals surface area contributed by atoms with Crippen molar-refractivity contribution in [1.82, 2.24) is 14.7 Å². The summed E-state index contributed by atoms with van der Waals surface area (Å²) in [6.45, 7) is 1.71. The number of nitrogens with zero attached hydrogens (tertiary/aromatic N) is 3. The van der Waals surface area contributed by atoms with E-state index in [4.69, 9.17) is 14.2 Å². The Bertz CT molecular complexity index is 1480. The Morgan fingerprint density at radius 3 is 2.87 bits per heavy atom. The molecule has 10 heteroatoms. The monoisotopic (exact) mass is 539 g/mol. The second-order valence-corrected chi connectivity index (χ2v) is 10.2. The van der Waals surface area contributed by atoms with Crippen molar-refractivity contribution < 1.29 is 32.2 Å². The molecule has 2 aliphatic heterocycles. The van der Waals surface area contributed by atoms with Gasteiger partial charge in [0.05, 0.1) is 18.4 Å². The smallest absolute Gasteiger partial charge is 0.416 e. The average molecular weight is 540 g/mol. The number of hydrogen-bond donors (Lipinski definition) is 0. The normalized spacial score (nSPS) is 19.4. The standard InChI is InChI=1S/C29H28F3N3O4/c1-34-13-18-14-35(10-9-25(18)33-34)15-23-21-6-8-26(22(21)5-7-24(23)29(30,31)32)39-19-3-4-20-17(11-28(36)37-2)16-38-27(20)12-19/h3-5,7,11-13,26H,6,8-10,14-16H2,1-2H3/b17-11+/t26-/m1/s1. The van der Waals surface area contributed by atoms with Gasteiger partial charge in [0.15, 0.2) is 0 Å². The molecule has 7 nitrogen and oxygen atoms in total. The zero-order valence-electron chi connectivity index (χ0n) is 21.7.